The molecule has 0 radical (unpaired) electrons. The highest BCUT2D eigenvalue weighted by atomic mass is 19.4. The van der Waals surface area contributed by atoms with Gasteiger partial charge < -0.3 is 10.1 Å². The minimum atomic E-state index is -4.77. The normalized spacial score (nSPS) is 11.0. The van der Waals surface area contributed by atoms with Crippen LogP contribution in [0.25, 0.3) is 11.1 Å². The van der Waals surface area contributed by atoms with E-state index in [0.717, 1.165) is 17.7 Å². The highest BCUT2D eigenvalue weighted by Crippen LogP contribution is 2.24. The van der Waals surface area contributed by atoms with E-state index in [0.29, 0.717) is 11.3 Å². The molecule has 0 saturated heterocycles. The van der Waals surface area contributed by atoms with Crippen molar-refractivity contribution in [3.63, 3.8) is 0 Å². The van der Waals surface area contributed by atoms with Crippen LogP contribution in [-0.2, 0) is 0 Å². The van der Waals surface area contributed by atoms with Crippen molar-refractivity contribution in [1.82, 2.24) is 15.0 Å². The predicted octanol–water partition coefficient (Wildman–Crippen LogP) is 3.69. The minimum absolute atomic E-state index is 0.141. The number of carbonyl (C=O) groups excluding carboxylic acids is 1. The molecule has 0 unspecified atom stereocenters. The molecule has 2 aromatic heterocycles. The van der Waals surface area contributed by atoms with Crippen molar-refractivity contribution < 1.29 is 22.7 Å². The maximum Gasteiger partial charge on any atom is 0.573 e. The number of rotatable bonds is 4. The van der Waals surface area contributed by atoms with E-state index in [2.05, 4.69) is 25.0 Å². The summed E-state index contributed by atoms with van der Waals surface area (Å²) >= 11 is 0. The van der Waals surface area contributed by atoms with Crippen LogP contribution in [0.4, 0.5) is 18.9 Å². The highest BCUT2D eigenvalue weighted by molar-refractivity contribution is 6.03. The fourth-order valence-corrected chi connectivity index (χ4v) is 2.12. The Bertz CT molecular complexity index is 900. The lowest BCUT2D eigenvalue weighted by Crippen LogP contribution is -2.17. The zero-order chi connectivity index (χ0) is 18.6. The van der Waals surface area contributed by atoms with Gasteiger partial charge >= 0.3 is 6.36 Å². The van der Waals surface area contributed by atoms with Gasteiger partial charge in [-0.15, -0.1) is 13.2 Å². The summed E-state index contributed by atoms with van der Waals surface area (Å²) in [6.07, 6.45) is 1.30. The summed E-state index contributed by atoms with van der Waals surface area (Å²) in [6.45, 7) is 0. The second kappa shape index (κ2) is 7.18. The quantitative estimate of drug-likeness (QED) is 0.768. The number of amides is 1. The van der Waals surface area contributed by atoms with Gasteiger partial charge in [0.15, 0.2) is 0 Å². The number of ether oxygens (including phenoxy) is 1. The first-order valence-electron chi connectivity index (χ1n) is 7.29. The summed E-state index contributed by atoms with van der Waals surface area (Å²) in [4.78, 5) is 24.1. The molecular weight excluding hydrogens is 349 g/mol. The fourth-order valence-electron chi connectivity index (χ4n) is 2.12. The van der Waals surface area contributed by atoms with Crippen LogP contribution < -0.4 is 10.1 Å². The molecule has 0 aliphatic rings. The van der Waals surface area contributed by atoms with Crippen molar-refractivity contribution in [2.75, 3.05) is 5.32 Å². The second-order valence-electron chi connectivity index (χ2n) is 5.08. The van der Waals surface area contributed by atoms with Gasteiger partial charge in [0.2, 0.25) is 0 Å². The second-order valence-corrected chi connectivity index (χ2v) is 5.08. The maximum atomic E-state index is 12.3. The van der Waals surface area contributed by atoms with Crippen LogP contribution in [0.5, 0.6) is 5.75 Å². The van der Waals surface area contributed by atoms with Gasteiger partial charge in [-0.05, 0) is 42.0 Å². The van der Waals surface area contributed by atoms with E-state index in [1.807, 2.05) is 0 Å². The minimum Gasteiger partial charge on any atom is -0.406 e. The summed E-state index contributed by atoms with van der Waals surface area (Å²) < 4.78 is 40.2. The summed E-state index contributed by atoms with van der Waals surface area (Å²) in [6, 6.07) is 8.08. The first-order valence-corrected chi connectivity index (χ1v) is 7.29. The number of anilines is 1. The Balaban J connectivity index is 1.72. The molecule has 3 aromatic rings. The van der Waals surface area contributed by atoms with Crippen LogP contribution >= 0.6 is 0 Å². The lowest BCUT2D eigenvalue weighted by atomic mass is 10.1. The van der Waals surface area contributed by atoms with Crippen LogP contribution in [0.15, 0.2) is 61.3 Å². The lowest BCUT2D eigenvalue weighted by molar-refractivity contribution is -0.274. The number of halogens is 3. The molecule has 9 heteroatoms. The maximum absolute atomic E-state index is 12.3. The molecule has 0 fully saturated rings. The molecular formula is C17H11F3N4O2. The standard InChI is InChI=1S/C17H11F3N4O2/c18-17(19,20)26-14-3-1-13(2-4-14)24-16(25)15-7-11(5-6-23-15)12-8-21-10-22-9-12/h1-10H,(H,24,25). The number of nitrogens with one attached hydrogen (secondary N) is 1. The van der Waals surface area contributed by atoms with Crippen LogP contribution in [0.3, 0.4) is 0 Å². The number of alkyl halides is 3. The Morgan fingerprint density at radius 2 is 1.69 bits per heavy atom. The van der Waals surface area contributed by atoms with Gasteiger partial charge in [0.05, 0.1) is 0 Å². The van der Waals surface area contributed by atoms with Crippen LogP contribution in [0.2, 0.25) is 0 Å². The number of aromatic nitrogens is 3. The number of pyridine rings is 1. The third kappa shape index (κ3) is 4.53. The average molecular weight is 360 g/mol. The third-order valence-electron chi connectivity index (χ3n) is 3.23. The third-order valence-corrected chi connectivity index (χ3v) is 3.23. The summed E-state index contributed by atoms with van der Waals surface area (Å²) in [5, 5.41) is 2.56. The molecule has 132 valence electrons. The summed E-state index contributed by atoms with van der Waals surface area (Å²) in [5.41, 5.74) is 1.87. The van der Waals surface area contributed by atoms with Gasteiger partial charge in [-0.3, -0.25) is 9.78 Å². The van der Waals surface area contributed by atoms with Crippen molar-refractivity contribution in [2.24, 2.45) is 0 Å². The zero-order valence-electron chi connectivity index (χ0n) is 13.1. The molecule has 1 aromatic carbocycles. The molecule has 0 atom stereocenters. The predicted molar refractivity (Wildman–Crippen MR) is 86.3 cm³/mol. The van der Waals surface area contributed by atoms with Gasteiger partial charge in [0.25, 0.3) is 5.91 Å². The van der Waals surface area contributed by atoms with Crippen molar-refractivity contribution in [1.29, 1.82) is 0 Å². The number of nitrogens with zero attached hydrogens (tertiary/aromatic N) is 3. The van der Waals surface area contributed by atoms with E-state index < -0.39 is 12.3 Å². The Morgan fingerprint density at radius 1 is 1.00 bits per heavy atom. The lowest BCUT2D eigenvalue weighted by Gasteiger charge is -2.10. The van der Waals surface area contributed by atoms with Gasteiger partial charge in [-0.25, -0.2) is 9.97 Å². The molecule has 0 saturated carbocycles. The Morgan fingerprint density at radius 3 is 2.35 bits per heavy atom. The first kappa shape index (κ1) is 17.3. The van der Waals surface area contributed by atoms with Crippen molar-refractivity contribution >= 4 is 11.6 Å². The molecule has 2 heterocycles. The topological polar surface area (TPSA) is 77.0 Å². The molecule has 0 spiro atoms. The van der Waals surface area contributed by atoms with E-state index in [-0.39, 0.29) is 11.4 Å². The van der Waals surface area contributed by atoms with Gasteiger partial charge in [-0.2, -0.15) is 0 Å². The van der Waals surface area contributed by atoms with E-state index in [4.69, 9.17) is 0 Å². The van der Waals surface area contributed by atoms with E-state index in [1.54, 1.807) is 24.5 Å². The molecule has 1 amide bonds. The molecule has 26 heavy (non-hydrogen) atoms. The van der Waals surface area contributed by atoms with Crippen LogP contribution in [0.1, 0.15) is 10.5 Å². The van der Waals surface area contributed by atoms with E-state index in [1.165, 1.54) is 24.7 Å². The van der Waals surface area contributed by atoms with E-state index in [9.17, 15) is 18.0 Å². The number of carbonyl (C=O) groups is 1. The van der Waals surface area contributed by atoms with Crippen molar-refractivity contribution in [3.8, 4) is 16.9 Å². The van der Waals surface area contributed by atoms with Gasteiger partial charge in [-0.1, -0.05) is 0 Å². The highest BCUT2D eigenvalue weighted by Gasteiger charge is 2.30. The number of benzene rings is 1. The molecule has 6 nitrogen and oxygen atoms in total. The molecule has 0 aliphatic carbocycles. The zero-order valence-corrected chi connectivity index (χ0v) is 13.1. The molecule has 0 aliphatic heterocycles. The Hall–Kier alpha value is -3.49. The average Bonchev–Trinajstić information content (AvgIpc) is 2.63. The molecule has 3 rings (SSSR count). The van der Waals surface area contributed by atoms with Gasteiger partial charge in [0.1, 0.15) is 17.8 Å². The Labute approximate surface area is 145 Å². The number of hydrogen-bond donors (Lipinski definition) is 1. The fraction of sp³-hybridized carbons (Fsp3) is 0.0588. The first-order chi connectivity index (χ1) is 12.4. The SMILES string of the molecule is O=C(Nc1ccc(OC(F)(F)F)cc1)c1cc(-c2cncnc2)ccn1. The van der Waals surface area contributed by atoms with Crippen LogP contribution in [-0.4, -0.2) is 27.2 Å². The van der Waals surface area contributed by atoms with Crippen LogP contribution in [0, 0.1) is 0 Å². The van der Waals surface area contributed by atoms with E-state index >= 15 is 0 Å². The largest absolute Gasteiger partial charge is 0.573 e. The van der Waals surface area contributed by atoms with Gasteiger partial charge in [0, 0.05) is 29.8 Å². The number of hydrogen-bond acceptors (Lipinski definition) is 5. The molecule has 1 N–H and O–H groups in total. The van der Waals surface area contributed by atoms with Crippen molar-refractivity contribution in [2.45, 2.75) is 6.36 Å². The smallest absolute Gasteiger partial charge is 0.406 e. The monoisotopic (exact) mass is 360 g/mol. The molecule has 0 bridgehead atoms. The Kier molecular flexibility index (Phi) is 4.78. The summed E-state index contributed by atoms with van der Waals surface area (Å²) in [5.74, 6) is -0.882. The summed E-state index contributed by atoms with van der Waals surface area (Å²) in [7, 11) is 0. The van der Waals surface area contributed by atoms with Crippen molar-refractivity contribution in [3.05, 3.63) is 67.0 Å².